The highest BCUT2D eigenvalue weighted by atomic mass is 32.2. The molecule has 3 heterocycles. The quantitative estimate of drug-likeness (QED) is 0.489. The van der Waals surface area contributed by atoms with Gasteiger partial charge in [0.25, 0.3) is 0 Å². The SMILES string of the molecule is Cc1cccc(NC(=O)CSc2nnc3c4c5c(sc4ncn23)C[C@@H](C)CC5)c1. The lowest BCUT2D eigenvalue weighted by Crippen LogP contribution is -2.14. The van der Waals surface area contributed by atoms with Gasteiger partial charge in [-0.05, 0) is 55.4 Å². The lowest BCUT2D eigenvalue weighted by Gasteiger charge is -2.17. The van der Waals surface area contributed by atoms with Gasteiger partial charge in [-0.1, -0.05) is 30.8 Å². The summed E-state index contributed by atoms with van der Waals surface area (Å²) >= 11 is 3.16. The molecule has 1 amide bonds. The van der Waals surface area contributed by atoms with E-state index in [9.17, 15) is 4.79 Å². The van der Waals surface area contributed by atoms with Crippen LogP contribution in [0.25, 0.3) is 15.9 Å². The largest absolute Gasteiger partial charge is 0.325 e. The lowest BCUT2D eigenvalue weighted by molar-refractivity contribution is -0.113. The van der Waals surface area contributed by atoms with E-state index in [0.717, 1.165) is 45.9 Å². The highest BCUT2D eigenvalue weighted by Gasteiger charge is 2.24. The number of anilines is 1. The average molecular weight is 424 g/mol. The Hall–Kier alpha value is -2.45. The van der Waals surface area contributed by atoms with Crippen molar-refractivity contribution in [1.29, 1.82) is 0 Å². The third kappa shape index (κ3) is 3.51. The number of nitrogens with one attached hydrogen (secondary N) is 1. The molecule has 148 valence electrons. The van der Waals surface area contributed by atoms with Crippen LogP contribution in [0.5, 0.6) is 0 Å². The van der Waals surface area contributed by atoms with Gasteiger partial charge in [0.1, 0.15) is 11.2 Å². The van der Waals surface area contributed by atoms with Gasteiger partial charge in [0.05, 0.1) is 11.1 Å². The van der Waals surface area contributed by atoms with Crippen molar-refractivity contribution < 1.29 is 4.79 Å². The predicted octanol–water partition coefficient (Wildman–Crippen LogP) is 4.50. The van der Waals surface area contributed by atoms with Crippen LogP contribution in [-0.4, -0.2) is 31.2 Å². The van der Waals surface area contributed by atoms with E-state index in [1.54, 1.807) is 17.7 Å². The van der Waals surface area contributed by atoms with Crippen LogP contribution in [0.15, 0.2) is 35.7 Å². The number of thiophene rings is 1. The molecular formula is C21H21N5OS2. The third-order valence-corrected chi connectivity index (χ3v) is 7.41. The fraction of sp³-hybridized carbons (Fsp3) is 0.333. The van der Waals surface area contributed by atoms with E-state index in [-0.39, 0.29) is 11.7 Å². The second-order valence-corrected chi connectivity index (χ2v) is 9.69. The monoisotopic (exact) mass is 423 g/mol. The Morgan fingerprint density at radius 2 is 2.28 bits per heavy atom. The molecule has 0 saturated heterocycles. The van der Waals surface area contributed by atoms with E-state index in [1.807, 2.05) is 35.6 Å². The fourth-order valence-corrected chi connectivity index (χ4v) is 5.92. The van der Waals surface area contributed by atoms with Crippen molar-refractivity contribution in [2.45, 2.75) is 38.3 Å². The molecule has 1 aliphatic rings. The Kier molecular flexibility index (Phi) is 4.75. The highest BCUT2D eigenvalue weighted by molar-refractivity contribution is 7.99. The molecule has 1 atom stereocenters. The van der Waals surface area contributed by atoms with Gasteiger partial charge < -0.3 is 5.32 Å². The second kappa shape index (κ2) is 7.42. The zero-order valence-electron chi connectivity index (χ0n) is 16.3. The van der Waals surface area contributed by atoms with Crippen LogP contribution in [0.1, 0.15) is 29.3 Å². The number of fused-ring (bicyclic) bond motifs is 5. The molecule has 0 aliphatic heterocycles. The Bertz CT molecular complexity index is 1230. The summed E-state index contributed by atoms with van der Waals surface area (Å²) in [5, 5.41) is 13.6. The van der Waals surface area contributed by atoms with Crippen LogP contribution in [0.2, 0.25) is 0 Å². The highest BCUT2D eigenvalue weighted by Crippen LogP contribution is 2.39. The number of hydrogen-bond donors (Lipinski definition) is 1. The van der Waals surface area contributed by atoms with Crippen molar-refractivity contribution in [2.75, 3.05) is 11.1 Å². The van der Waals surface area contributed by atoms with E-state index >= 15 is 0 Å². The number of aromatic nitrogens is 4. The first-order chi connectivity index (χ1) is 14.1. The molecule has 0 saturated carbocycles. The van der Waals surface area contributed by atoms with E-state index in [1.165, 1.54) is 28.6 Å². The summed E-state index contributed by atoms with van der Waals surface area (Å²) in [5.74, 6) is 0.933. The molecule has 0 radical (unpaired) electrons. The molecule has 0 unspecified atom stereocenters. The smallest absolute Gasteiger partial charge is 0.234 e. The number of nitrogens with zero attached hydrogens (tertiary/aromatic N) is 4. The number of thioether (sulfide) groups is 1. The van der Waals surface area contributed by atoms with Crippen LogP contribution in [-0.2, 0) is 17.6 Å². The standard InChI is InChI=1S/C21H21N5OS2/c1-12-4-3-5-14(8-12)23-17(27)10-28-21-25-24-19-18-15-7-6-13(2)9-16(15)29-20(18)22-11-26(19)21/h3-5,8,11,13H,6-7,9-10H2,1-2H3,(H,23,27)/t13-/m0/s1. The first-order valence-corrected chi connectivity index (χ1v) is 11.5. The number of carbonyl (C=O) groups is 1. The summed E-state index contributed by atoms with van der Waals surface area (Å²) in [7, 11) is 0. The molecule has 0 bridgehead atoms. The zero-order chi connectivity index (χ0) is 20.0. The van der Waals surface area contributed by atoms with Gasteiger partial charge >= 0.3 is 0 Å². The van der Waals surface area contributed by atoms with Crippen LogP contribution >= 0.6 is 23.1 Å². The van der Waals surface area contributed by atoms with Gasteiger partial charge in [0, 0.05) is 10.6 Å². The second-order valence-electron chi connectivity index (χ2n) is 7.66. The molecule has 4 aromatic rings. The number of benzene rings is 1. The minimum atomic E-state index is -0.0618. The summed E-state index contributed by atoms with van der Waals surface area (Å²) in [6.45, 7) is 4.31. The van der Waals surface area contributed by atoms with Crippen molar-refractivity contribution >= 4 is 50.6 Å². The van der Waals surface area contributed by atoms with Gasteiger partial charge in [-0.15, -0.1) is 21.5 Å². The summed E-state index contributed by atoms with van der Waals surface area (Å²) in [5.41, 5.74) is 4.16. The molecule has 8 heteroatoms. The van der Waals surface area contributed by atoms with E-state index in [2.05, 4.69) is 27.4 Å². The Morgan fingerprint density at radius 1 is 1.38 bits per heavy atom. The maximum absolute atomic E-state index is 12.3. The first kappa shape index (κ1) is 18.6. The summed E-state index contributed by atoms with van der Waals surface area (Å²) in [4.78, 5) is 19.5. The third-order valence-electron chi connectivity index (χ3n) is 5.31. The van der Waals surface area contributed by atoms with Crippen LogP contribution in [0, 0.1) is 12.8 Å². The maximum atomic E-state index is 12.3. The van der Waals surface area contributed by atoms with Gasteiger partial charge in [-0.25, -0.2) is 4.98 Å². The normalized spacial score (nSPS) is 16.3. The van der Waals surface area contributed by atoms with E-state index in [0.29, 0.717) is 5.16 Å². The Balaban J connectivity index is 1.38. The maximum Gasteiger partial charge on any atom is 0.234 e. The average Bonchev–Trinajstić information content (AvgIpc) is 3.26. The van der Waals surface area contributed by atoms with E-state index < -0.39 is 0 Å². The Labute approximate surface area is 176 Å². The number of hydrogen-bond acceptors (Lipinski definition) is 6. The van der Waals surface area contributed by atoms with Crippen molar-refractivity contribution in [1.82, 2.24) is 19.6 Å². The van der Waals surface area contributed by atoms with Gasteiger partial charge in [0.15, 0.2) is 10.8 Å². The molecule has 1 N–H and O–H groups in total. The predicted molar refractivity (Wildman–Crippen MR) is 118 cm³/mol. The van der Waals surface area contributed by atoms with Crippen molar-refractivity contribution in [2.24, 2.45) is 5.92 Å². The Morgan fingerprint density at radius 3 is 3.14 bits per heavy atom. The minimum absolute atomic E-state index is 0.0618. The molecule has 0 fully saturated rings. The number of carbonyl (C=O) groups excluding carboxylic acids is 1. The van der Waals surface area contributed by atoms with Crippen molar-refractivity contribution in [3.8, 4) is 0 Å². The van der Waals surface area contributed by atoms with E-state index in [4.69, 9.17) is 0 Å². The summed E-state index contributed by atoms with van der Waals surface area (Å²) in [6.07, 6.45) is 5.18. The van der Waals surface area contributed by atoms with Crippen LogP contribution in [0.3, 0.4) is 0 Å². The number of rotatable bonds is 4. The molecular weight excluding hydrogens is 402 g/mol. The van der Waals surface area contributed by atoms with Gasteiger partial charge in [0.2, 0.25) is 5.91 Å². The number of amides is 1. The summed E-state index contributed by atoms with van der Waals surface area (Å²) in [6, 6.07) is 7.78. The lowest BCUT2D eigenvalue weighted by atomic mass is 9.89. The minimum Gasteiger partial charge on any atom is -0.325 e. The van der Waals surface area contributed by atoms with Crippen molar-refractivity contribution in [3.05, 3.63) is 46.6 Å². The molecule has 6 nitrogen and oxygen atoms in total. The topological polar surface area (TPSA) is 72.2 Å². The van der Waals surface area contributed by atoms with Crippen LogP contribution < -0.4 is 5.32 Å². The first-order valence-electron chi connectivity index (χ1n) is 9.72. The molecule has 1 aliphatic carbocycles. The van der Waals surface area contributed by atoms with Crippen molar-refractivity contribution in [3.63, 3.8) is 0 Å². The zero-order valence-corrected chi connectivity index (χ0v) is 17.9. The molecule has 3 aromatic heterocycles. The molecule has 5 rings (SSSR count). The van der Waals surface area contributed by atoms with Gasteiger partial charge in [-0.2, -0.15) is 0 Å². The fourth-order valence-electron chi connectivity index (χ4n) is 3.87. The molecule has 1 aromatic carbocycles. The molecule has 29 heavy (non-hydrogen) atoms. The van der Waals surface area contributed by atoms with Gasteiger partial charge in [-0.3, -0.25) is 9.20 Å². The molecule has 0 spiro atoms. The summed E-state index contributed by atoms with van der Waals surface area (Å²) < 4.78 is 1.91. The number of aryl methyl sites for hydroxylation is 2. The van der Waals surface area contributed by atoms with Crippen LogP contribution in [0.4, 0.5) is 5.69 Å².